The lowest BCUT2D eigenvalue weighted by atomic mass is 10.1. The van der Waals surface area contributed by atoms with Gasteiger partial charge in [0.15, 0.2) is 0 Å². The van der Waals surface area contributed by atoms with Gasteiger partial charge in [-0.2, -0.15) is 0 Å². The van der Waals surface area contributed by atoms with Gasteiger partial charge in [-0.05, 0) is 53.5 Å². The molecule has 1 aliphatic rings. The molecule has 5 nitrogen and oxygen atoms in total. The van der Waals surface area contributed by atoms with Crippen molar-refractivity contribution >= 4 is 33.2 Å². The third kappa shape index (κ3) is 4.69. The third-order valence-corrected chi connectivity index (χ3v) is 4.48. The molecule has 0 saturated carbocycles. The predicted molar refractivity (Wildman–Crippen MR) is 88.1 cm³/mol. The Labute approximate surface area is 133 Å². The van der Waals surface area contributed by atoms with Gasteiger partial charge in [0.05, 0.1) is 18.8 Å². The van der Waals surface area contributed by atoms with E-state index in [9.17, 15) is 9.90 Å². The maximum atomic E-state index is 12.2. The van der Waals surface area contributed by atoms with E-state index < -0.39 is 0 Å². The number of likely N-dealkylation sites (tertiary alicyclic amines) is 1. The van der Waals surface area contributed by atoms with E-state index in [1.807, 2.05) is 0 Å². The normalized spacial score (nSPS) is 20.0. The van der Waals surface area contributed by atoms with Crippen molar-refractivity contribution in [2.75, 3.05) is 30.7 Å². The van der Waals surface area contributed by atoms with Crippen LogP contribution in [0.1, 0.15) is 25.7 Å². The Bertz CT molecular complexity index is 496. The van der Waals surface area contributed by atoms with E-state index in [1.165, 1.54) is 0 Å². The van der Waals surface area contributed by atoms with Crippen LogP contribution in [0, 0.1) is 0 Å². The van der Waals surface area contributed by atoms with Crippen molar-refractivity contribution in [2.45, 2.75) is 31.7 Å². The van der Waals surface area contributed by atoms with Gasteiger partial charge in [-0.1, -0.05) is 12.8 Å². The minimum Gasteiger partial charge on any atom is -0.399 e. The van der Waals surface area contributed by atoms with Crippen LogP contribution in [0.15, 0.2) is 22.7 Å². The first-order valence-corrected chi connectivity index (χ1v) is 8.09. The van der Waals surface area contributed by atoms with Gasteiger partial charge in [0, 0.05) is 16.2 Å². The highest BCUT2D eigenvalue weighted by Crippen LogP contribution is 2.24. The number of aliphatic hydroxyl groups is 1. The van der Waals surface area contributed by atoms with Gasteiger partial charge < -0.3 is 16.2 Å². The lowest BCUT2D eigenvalue weighted by Gasteiger charge is -2.27. The van der Waals surface area contributed by atoms with Gasteiger partial charge in [0.2, 0.25) is 5.91 Å². The van der Waals surface area contributed by atoms with Crippen molar-refractivity contribution in [1.82, 2.24) is 4.90 Å². The average Bonchev–Trinajstić information content (AvgIpc) is 2.67. The molecule has 0 radical (unpaired) electrons. The maximum absolute atomic E-state index is 12.2. The van der Waals surface area contributed by atoms with Gasteiger partial charge in [0.25, 0.3) is 0 Å². The van der Waals surface area contributed by atoms with Crippen LogP contribution in [0.5, 0.6) is 0 Å². The quantitative estimate of drug-likeness (QED) is 0.723. The van der Waals surface area contributed by atoms with Crippen LogP contribution in [-0.4, -0.2) is 41.7 Å². The first kappa shape index (κ1) is 16.3. The Morgan fingerprint density at radius 1 is 1.43 bits per heavy atom. The number of amides is 1. The summed E-state index contributed by atoms with van der Waals surface area (Å²) in [5.74, 6) is -0.0687. The summed E-state index contributed by atoms with van der Waals surface area (Å²) in [6, 6.07) is 5.39. The zero-order valence-corrected chi connectivity index (χ0v) is 13.6. The van der Waals surface area contributed by atoms with Crippen LogP contribution in [0.2, 0.25) is 0 Å². The lowest BCUT2D eigenvalue weighted by molar-refractivity contribution is -0.118. The molecule has 4 N–H and O–H groups in total. The number of nitrogens with zero attached hydrogens (tertiary/aromatic N) is 1. The van der Waals surface area contributed by atoms with Crippen LogP contribution in [-0.2, 0) is 4.79 Å². The molecule has 21 heavy (non-hydrogen) atoms. The topological polar surface area (TPSA) is 78.6 Å². The Balaban J connectivity index is 1.96. The second-order valence-electron chi connectivity index (χ2n) is 5.44. The highest BCUT2D eigenvalue weighted by Gasteiger charge is 2.22. The van der Waals surface area contributed by atoms with Crippen molar-refractivity contribution in [3.63, 3.8) is 0 Å². The second-order valence-corrected chi connectivity index (χ2v) is 6.30. The summed E-state index contributed by atoms with van der Waals surface area (Å²) in [5.41, 5.74) is 7.04. The number of rotatable bonds is 4. The van der Waals surface area contributed by atoms with E-state index in [4.69, 9.17) is 5.73 Å². The predicted octanol–water partition coefficient (Wildman–Crippen LogP) is 2.21. The molecular formula is C15H22BrN3O2. The summed E-state index contributed by atoms with van der Waals surface area (Å²) in [7, 11) is 0. The zero-order chi connectivity index (χ0) is 15.2. The number of benzene rings is 1. The molecular weight excluding hydrogens is 334 g/mol. The Kier molecular flexibility index (Phi) is 6.02. The molecule has 1 saturated heterocycles. The molecule has 1 fully saturated rings. The monoisotopic (exact) mass is 355 g/mol. The Morgan fingerprint density at radius 2 is 2.24 bits per heavy atom. The number of anilines is 2. The van der Waals surface area contributed by atoms with Crippen molar-refractivity contribution in [3.05, 3.63) is 22.7 Å². The van der Waals surface area contributed by atoms with Crippen LogP contribution >= 0.6 is 15.9 Å². The molecule has 1 aromatic rings. The fourth-order valence-electron chi connectivity index (χ4n) is 2.66. The summed E-state index contributed by atoms with van der Waals surface area (Å²) in [6.07, 6.45) is 4.32. The molecule has 1 amide bonds. The van der Waals surface area contributed by atoms with Gasteiger partial charge in [-0.25, -0.2) is 0 Å². The van der Waals surface area contributed by atoms with Crippen LogP contribution in [0.3, 0.4) is 0 Å². The van der Waals surface area contributed by atoms with Gasteiger partial charge in [0.1, 0.15) is 0 Å². The van der Waals surface area contributed by atoms with Crippen molar-refractivity contribution in [1.29, 1.82) is 0 Å². The molecule has 0 bridgehead atoms. The largest absolute Gasteiger partial charge is 0.399 e. The third-order valence-electron chi connectivity index (χ3n) is 3.82. The SMILES string of the molecule is Nc1ccc(NC(=O)CN2CCCCCC2CO)c(Br)c1. The standard InChI is InChI=1S/C15H22BrN3O2/c16-13-8-11(17)5-6-14(13)18-15(21)9-19-7-3-1-2-4-12(19)10-20/h5-6,8,12,20H,1-4,7,9-10,17H2,(H,18,21). The molecule has 1 unspecified atom stereocenters. The summed E-state index contributed by atoms with van der Waals surface area (Å²) >= 11 is 3.39. The number of carbonyl (C=O) groups is 1. The summed E-state index contributed by atoms with van der Waals surface area (Å²) in [6.45, 7) is 1.28. The van der Waals surface area contributed by atoms with Gasteiger partial charge >= 0.3 is 0 Å². The summed E-state index contributed by atoms with van der Waals surface area (Å²) in [4.78, 5) is 14.3. The maximum Gasteiger partial charge on any atom is 0.238 e. The number of nitrogens with two attached hydrogens (primary N) is 1. The summed E-state index contributed by atoms with van der Waals surface area (Å²) < 4.78 is 0.769. The molecule has 2 rings (SSSR count). The van der Waals surface area contributed by atoms with E-state index in [1.54, 1.807) is 18.2 Å². The first-order chi connectivity index (χ1) is 10.1. The van der Waals surface area contributed by atoms with E-state index >= 15 is 0 Å². The lowest BCUT2D eigenvalue weighted by Crippen LogP contribution is -2.42. The Morgan fingerprint density at radius 3 is 2.95 bits per heavy atom. The van der Waals surface area contributed by atoms with Gasteiger partial charge in [-0.15, -0.1) is 0 Å². The number of nitrogens with one attached hydrogen (secondary N) is 1. The molecule has 0 spiro atoms. The molecule has 1 heterocycles. The number of hydrogen-bond donors (Lipinski definition) is 3. The van der Waals surface area contributed by atoms with Gasteiger partial charge in [-0.3, -0.25) is 9.69 Å². The first-order valence-electron chi connectivity index (χ1n) is 7.30. The molecule has 1 atom stereocenters. The molecule has 116 valence electrons. The summed E-state index contributed by atoms with van der Waals surface area (Å²) in [5, 5.41) is 12.4. The highest BCUT2D eigenvalue weighted by atomic mass is 79.9. The van der Waals surface area contributed by atoms with E-state index in [0.717, 1.165) is 36.7 Å². The number of carbonyl (C=O) groups excluding carboxylic acids is 1. The van der Waals surface area contributed by atoms with Crippen LogP contribution < -0.4 is 11.1 Å². The average molecular weight is 356 g/mol. The molecule has 1 aliphatic heterocycles. The number of hydrogen-bond acceptors (Lipinski definition) is 4. The van der Waals surface area contributed by atoms with Crippen molar-refractivity contribution < 1.29 is 9.90 Å². The smallest absolute Gasteiger partial charge is 0.238 e. The van der Waals surface area contributed by atoms with E-state index in [-0.39, 0.29) is 18.6 Å². The van der Waals surface area contributed by atoms with Crippen molar-refractivity contribution in [3.8, 4) is 0 Å². The van der Waals surface area contributed by atoms with Crippen molar-refractivity contribution in [2.24, 2.45) is 0 Å². The minimum absolute atomic E-state index is 0.0687. The fraction of sp³-hybridized carbons (Fsp3) is 0.533. The molecule has 0 aliphatic carbocycles. The molecule has 6 heteroatoms. The second kappa shape index (κ2) is 7.77. The van der Waals surface area contributed by atoms with Crippen LogP contribution in [0.25, 0.3) is 0 Å². The van der Waals surface area contributed by atoms with E-state index in [0.29, 0.717) is 17.9 Å². The molecule has 0 aromatic heterocycles. The highest BCUT2D eigenvalue weighted by molar-refractivity contribution is 9.10. The Hall–Kier alpha value is -1.11. The number of halogens is 1. The fourth-order valence-corrected chi connectivity index (χ4v) is 3.15. The zero-order valence-electron chi connectivity index (χ0n) is 12.0. The van der Waals surface area contributed by atoms with E-state index in [2.05, 4.69) is 26.1 Å². The number of aliphatic hydroxyl groups excluding tert-OH is 1. The molecule has 1 aromatic carbocycles. The number of nitrogen functional groups attached to an aromatic ring is 1. The van der Waals surface area contributed by atoms with Crippen LogP contribution in [0.4, 0.5) is 11.4 Å². The minimum atomic E-state index is -0.0687.